The van der Waals surface area contributed by atoms with Crippen LogP contribution < -0.4 is 0 Å². The normalized spacial score (nSPS) is 23.3. The molecule has 1 fully saturated rings. The molecule has 1 atom stereocenters. The van der Waals surface area contributed by atoms with Crippen LogP contribution >= 0.6 is 0 Å². The second-order valence-electron chi connectivity index (χ2n) is 5.94. The molecule has 0 N–H and O–H groups in total. The van der Waals surface area contributed by atoms with Crippen LogP contribution in [0.3, 0.4) is 0 Å². The highest BCUT2D eigenvalue weighted by molar-refractivity contribution is 5.96. The second-order valence-corrected chi connectivity index (χ2v) is 5.94. The smallest absolute Gasteiger partial charge is 0.313 e. The number of carbonyl (C=O) groups excluding carboxylic acids is 3. The van der Waals surface area contributed by atoms with Crippen molar-refractivity contribution in [3.05, 3.63) is 0 Å². The van der Waals surface area contributed by atoms with Crippen molar-refractivity contribution in [2.75, 3.05) is 7.11 Å². The van der Waals surface area contributed by atoms with Gasteiger partial charge < -0.3 is 4.74 Å². The van der Waals surface area contributed by atoms with Crippen LogP contribution in [0.4, 0.5) is 0 Å². The Balaban J connectivity index is 2.68. The molecule has 0 aromatic rings. The third-order valence-electron chi connectivity index (χ3n) is 4.24. The number of Topliss-reactive ketones (excluding diaryl/α,β-unsaturated/α-hetero) is 2. The highest BCUT2D eigenvalue weighted by atomic mass is 16.5. The average molecular weight is 268 g/mol. The maximum atomic E-state index is 12.2. The van der Waals surface area contributed by atoms with Crippen molar-refractivity contribution >= 4 is 17.5 Å². The molecule has 0 spiro atoms. The molecule has 0 amide bonds. The lowest BCUT2D eigenvalue weighted by atomic mass is 9.68. The molecular formula is C15H24O4. The van der Waals surface area contributed by atoms with E-state index < -0.39 is 11.4 Å². The first kappa shape index (κ1) is 15.9. The van der Waals surface area contributed by atoms with Gasteiger partial charge in [0.2, 0.25) is 0 Å². The summed E-state index contributed by atoms with van der Waals surface area (Å²) in [5, 5.41) is 0. The quantitative estimate of drug-likeness (QED) is 0.581. The molecule has 1 rings (SSSR count). The van der Waals surface area contributed by atoms with Crippen molar-refractivity contribution in [1.82, 2.24) is 0 Å². The van der Waals surface area contributed by atoms with Crippen LogP contribution in [0.15, 0.2) is 0 Å². The van der Waals surface area contributed by atoms with Crippen LogP contribution in [0.1, 0.15) is 58.8 Å². The van der Waals surface area contributed by atoms with E-state index in [1.807, 2.05) is 13.8 Å². The van der Waals surface area contributed by atoms with Gasteiger partial charge in [-0.2, -0.15) is 0 Å². The Morgan fingerprint density at radius 3 is 2.58 bits per heavy atom. The number of hydrogen-bond acceptors (Lipinski definition) is 4. The van der Waals surface area contributed by atoms with Crippen molar-refractivity contribution in [3.8, 4) is 0 Å². The minimum absolute atomic E-state index is 0.0393. The zero-order chi connectivity index (χ0) is 14.5. The standard InChI is InChI=1S/C15H24O4/c1-15(2)11(7-5-4-6-8-13(15)17)9-12(16)10-14(18)19-3/h11H,4-10H2,1-3H3. The van der Waals surface area contributed by atoms with Gasteiger partial charge >= 0.3 is 5.97 Å². The number of esters is 1. The maximum absolute atomic E-state index is 12.2. The Bertz CT molecular complexity index is 357. The molecule has 0 aromatic carbocycles. The Kier molecular flexibility index (Phi) is 5.70. The minimum Gasteiger partial charge on any atom is -0.469 e. The molecular weight excluding hydrogens is 244 g/mol. The number of hydrogen-bond donors (Lipinski definition) is 0. The van der Waals surface area contributed by atoms with Crippen LogP contribution in [0, 0.1) is 11.3 Å². The minimum atomic E-state index is -0.500. The Morgan fingerprint density at radius 2 is 1.95 bits per heavy atom. The van der Waals surface area contributed by atoms with Gasteiger partial charge in [-0.15, -0.1) is 0 Å². The summed E-state index contributed by atoms with van der Waals surface area (Å²) in [4.78, 5) is 35.1. The van der Waals surface area contributed by atoms with E-state index in [1.165, 1.54) is 7.11 Å². The van der Waals surface area contributed by atoms with Gasteiger partial charge in [-0.3, -0.25) is 14.4 Å². The average Bonchev–Trinajstić information content (AvgIpc) is 2.35. The predicted octanol–water partition coefficient (Wildman–Crippen LogP) is 2.68. The summed E-state index contributed by atoms with van der Waals surface area (Å²) in [6, 6.07) is 0. The van der Waals surface area contributed by atoms with Gasteiger partial charge in [-0.1, -0.05) is 26.7 Å². The molecule has 4 heteroatoms. The number of carbonyl (C=O) groups is 3. The molecule has 19 heavy (non-hydrogen) atoms. The number of ketones is 2. The van der Waals surface area contributed by atoms with E-state index in [4.69, 9.17) is 0 Å². The molecule has 108 valence electrons. The fourth-order valence-electron chi connectivity index (χ4n) is 2.70. The molecule has 0 heterocycles. The van der Waals surface area contributed by atoms with Crippen LogP contribution in [0.5, 0.6) is 0 Å². The fourth-order valence-corrected chi connectivity index (χ4v) is 2.70. The van der Waals surface area contributed by atoms with Gasteiger partial charge in [0.25, 0.3) is 0 Å². The number of methoxy groups -OCH3 is 1. The topological polar surface area (TPSA) is 60.4 Å². The summed E-state index contributed by atoms with van der Waals surface area (Å²) in [6.07, 6.45) is 4.65. The van der Waals surface area contributed by atoms with Crippen molar-refractivity contribution in [1.29, 1.82) is 0 Å². The van der Waals surface area contributed by atoms with Gasteiger partial charge in [-0.05, 0) is 18.8 Å². The van der Waals surface area contributed by atoms with Gasteiger partial charge in [0, 0.05) is 18.3 Å². The van der Waals surface area contributed by atoms with Gasteiger partial charge in [0.1, 0.15) is 18.0 Å². The lowest BCUT2D eigenvalue weighted by Gasteiger charge is -2.34. The SMILES string of the molecule is COC(=O)CC(=O)CC1CCCCCC(=O)C1(C)C. The molecule has 1 unspecified atom stereocenters. The Labute approximate surface area is 114 Å². The Morgan fingerprint density at radius 1 is 1.26 bits per heavy atom. The highest BCUT2D eigenvalue weighted by Crippen LogP contribution is 2.38. The molecule has 1 aliphatic rings. The first-order valence-corrected chi connectivity index (χ1v) is 6.99. The molecule has 4 nitrogen and oxygen atoms in total. The van der Waals surface area contributed by atoms with E-state index in [9.17, 15) is 14.4 Å². The van der Waals surface area contributed by atoms with E-state index in [1.54, 1.807) is 0 Å². The van der Waals surface area contributed by atoms with E-state index in [2.05, 4.69) is 4.74 Å². The number of ether oxygens (including phenoxy) is 1. The van der Waals surface area contributed by atoms with Crippen molar-refractivity contribution in [3.63, 3.8) is 0 Å². The fraction of sp³-hybridized carbons (Fsp3) is 0.800. The molecule has 0 saturated heterocycles. The van der Waals surface area contributed by atoms with Crippen molar-refractivity contribution < 1.29 is 19.1 Å². The van der Waals surface area contributed by atoms with E-state index in [-0.39, 0.29) is 23.9 Å². The van der Waals surface area contributed by atoms with E-state index in [0.29, 0.717) is 12.8 Å². The largest absolute Gasteiger partial charge is 0.469 e. The van der Waals surface area contributed by atoms with Gasteiger partial charge in [0.15, 0.2) is 0 Å². The predicted molar refractivity (Wildman–Crippen MR) is 71.6 cm³/mol. The molecule has 0 aromatic heterocycles. The number of rotatable bonds is 4. The lowest BCUT2D eigenvalue weighted by Crippen LogP contribution is -2.35. The molecule has 1 saturated carbocycles. The van der Waals surface area contributed by atoms with E-state index >= 15 is 0 Å². The van der Waals surface area contributed by atoms with Crippen molar-refractivity contribution in [2.24, 2.45) is 11.3 Å². The maximum Gasteiger partial charge on any atom is 0.313 e. The summed E-state index contributed by atoms with van der Waals surface area (Å²) in [5.41, 5.74) is -0.466. The second kappa shape index (κ2) is 6.83. The first-order valence-electron chi connectivity index (χ1n) is 6.99. The summed E-state index contributed by atoms with van der Waals surface area (Å²) in [5.74, 6) is -0.348. The third kappa shape index (κ3) is 4.44. The molecule has 1 aliphatic carbocycles. The highest BCUT2D eigenvalue weighted by Gasteiger charge is 2.37. The van der Waals surface area contributed by atoms with Gasteiger partial charge in [0.05, 0.1) is 7.11 Å². The summed E-state index contributed by atoms with van der Waals surface area (Å²) in [7, 11) is 1.28. The summed E-state index contributed by atoms with van der Waals surface area (Å²) >= 11 is 0. The lowest BCUT2D eigenvalue weighted by molar-refractivity contribution is -0.143. The van der Waals surface area contributed by atoms with E-state index in [0.717, 1.165) is 25.7 Å². The van der Waals surface area contributed by atoms with Crippen molar-refractivity contribution in [2.45, 2.75) is 58.8 Å². The van der Waals surface area contributed by atoms with Crippen LogP contribution in [-0.4, -0.2) is 24.6 Å². The van der Waals surface area contributed by atoms with Crippen LogP contribution in [0.2, 0.25) is 0 Å². The first-order chi connectivity index (χ1) is 8.87. The molecule has 0 aliphatic heterocycles. The van der Waals surface area contributed by atoms with Crippen LogP contribution in [0.25, 0.3) is 0 Å². The summed E-state index contributed by atoms with van der Waals surface area (Å²) in [6.45, 7) is 3.85. The Hall–Kier alpha value is -1.19. The van der Waals surface area contributed by atoms with Gasteiger partial charge in [-0.25, -0.2) is 0 Å². The summed E-state index contributed by atoms with van der Waals surface area (Å²) < 4.78 is 4.50. The monoisotopic (exact) mass is 268 g/mol. The zero-order valence-electron chi connectivity index (χ0n) is 12.2. The van der Waals surface area contributed by atoms with Crippen LogP contribution in [-0.2, 0) is 19.1 Å². The molecule has 0 bridgehead atoms. The third-order valence-corrected chi connectivity index (χ3v) is 4.24. The zero-order valence-corrected chi connectivity index (χ0v) is 12.2. The molecule has 0 radical (unpaired) electrons.